The molecule has 0 radical (unpaired) electrons. The largest absolute Gasteiger partial charge is 0.478 e. The minimum absolute atomic E-state index is 0.0200. The number of carbonyl (C=O) groups is 4. The fourth-order valence-corrected chi connectivity index (χ4v) is 4.22. The molecule has 0 fully saturated rings. The molecule has 0 spiro atoms. The highest BCUT2D eigenvalue weighted by Crippen LogP contribution is 2.45. The molecule has 1 heterocycles. The molecule has 0 unspecified atom stereocenters. The van der Waals surface area contributed by atoms with Crippen molar-refractivity contribution >= 4 is 35.5 Å². The van der Waals surface area contributed by atoms with E-state index in [4.69, 9.17) is 46.5 Å². The number of carboxylic acids is 2. The fraction of sp³-hybridized carbons (Fsp3) is 0.448. The molecule has 45 heavy (non-hydrogen) atoms. The predicted molar refractivity (Wildman–Crippen MR) is 155 cm³/mol. The standard InChI is InChI=1S/C25H32ClF3N2O6.C4H4O4/c1-14(2)12-37-24(33)21-18(13-36-11-10-35-9-8-30)31-15(3)19(23(32)34-4)20(21)16-6-5-7-17(22(16)26)25(27,28)29;5-3(6)1-2-4(7)8/h5-7,14,20,31H,8-13,30H2,1-4H3;1-2H,(H,5,6)(H,7,8)/t20-;/m1./s1. The van der Waals surface area contributed by atoms with Crippen LogP contribution in [0.3, 0.4) is 0 Å². The Morgan fingerprint density at radius 3 is 2.13 bits per heavy atom. The van der Waals surface area contributed by atoms with Gasteiger partial charge in [0.25, 0.3) is 0 Å². The van der Waals surface area contributed by atoms with E-state index in [1.165, 1.54) is 12.1 Å². The average Bonchev–Trinajstić information content (AvgIpc) is 2.95. The fourth-order valence-electron chi connectivity index (χ4n) is 3.87. The first kappa shape index (κ1) is 39.1. The number of carboxylic acid groups (broad SMARTS) is 2. The van der Waals surface area contributed by atoms with Crippen molar-refractivity contribution in [1.82, 2.24) is 5.32 Å². The van der Waals surface area contributed by atoms with Gasteiger partial charge in [-0.2, -0.15) is 13.2 Å². The Hall–Kier alpha value is -3.92. The summed E-state index contributed by atoms with van der Waals surface area (Å²) in [5.74, 6) is -5.51. The van der Waals surface area contributed by atoms with Crippen LogP contribution in [0.2, 0.25) is 5.02 Å². The monoisotopic (exact) mass is 664 g/mol. The van der Waals surface area contributed by atoms with Gasteiger partial charge in [-0.3, -0.25) is 0 Å². The molecule has 1 aromatic rings. The lowest BCUT2D eigenvalue weighted by atomic mass is 9.79. The Labute approximate surface area is 262 Å². The van der Waals surface area contributed by atoms with E-state index >= 15 is 0 Å². The van der Waals surface area contributed by atoms with Crippen LogP contribution in [0, 0.1) is 5.92 Å². The molecule has 5 N–H and O–H groups in total. The van der Waals surface area contributed by atoms with Gasteiger partial charge in [-0.25, -0.2) is 19.2 Å². The second-order valence-electron chi connectivity index (χ2n) is 9.64. The first-order chi connectivity index (χ1) is 21.1. The van der Waals surface area contributed by atoms with Crippen LogP contribution in [0.15, 0.2) is 52.9 Å². The Kier molecular flexibility index (Phi) is 16.3. The van der Waals surface area contributed by atoms with Crippen LogP contribution in [0.25, 0.3) is 0 Å². The van der Waals surface area contributed by atoms with Crippen molar-refractivity contribution < 1.29 is 61.5 Å². The molecule has 16 heteroatoms. The predicted octanol–water partition coefficient (Wildman–Crippen LogP) is 3.65. The molecule has 0 aliphatic carbocycles. The first-order valence-corrected chi connectivity index (χ1v) is 13.8. The second-order valence-corrected chi connectivity index (χ2v) is 10.0. The third kappa shape index (κ3) is 12.5. The van der Waals surface area contributed by atoms with Gasteiger partial charge in [0, 0.05) is 24.4 Å². The molecule has 0 saturated carbocycles. The van der Waals surface area contributed by atoms with Gasteiger partial charge in [-0.05, 0) is 24.5 Å². The van der Waals surface area contributed by atoms with Gasteiger partial charge in [0.2, 0.25) is 0 Å². The normalized spacial score (nSPS) is 15.0. The number of ether oxygens (including phenoxy) is 4. The molecule has 12 nitrogen and oxygen atoms in total. The Balaban J connectivity index is 0.00000111. The Morgan fingerprint density at radius 1 is 1.02 bits per heavy atom. The van der Waals surface area contributed by atoms with Crippen LogP contribution in [-0.2, 0) is 44.3 Å². The van der Waals surface area contributed by atoms with Crippen LogP contribution in [-0.4, -0.2) is 80.8 Å². The van der Waals surface area contributed by atoms with E-state index in [9.17, 15) is 32.3 Å². The first-order valence-electron chi connectivity index (χ1n) is 13.4. The molecule has 0 bridgehead atoms. The van der Waals surface area contributed by atoms with E-state index in [0.29, 0.717) is 25.3 Å². The zero-order valence-corrected chi connectivity index (χ0v) is 25.8. The number of nitrogens with one attached hydrogen (secondary N) is 1. The number of dihydropyridines is 1. The maximum Gasteiger partial charge on any atom is 0.417 e. The minimum Gasteiger partial charge on any atom is -0.478 e. The second kappa shape index (κ2) is 18.8. The summed E-state index contributed by atoms with van der Waals surface area (Å²) in [6.07, 6.45) is -3.65. The maximum absolute atomic E-state index is 13.7. The number of benzene rings is 1. The number of esters is 2. The molecule has 2 rings (SSSR count). The number of aliphatic carboxylic acids is 2. The summed E-state index contributed by atoms with van der Waals surface area (Å²) in [4.78, 5) is 45.3. The number of alkyl halides is 3. The molecular formula is C29H36ClF3N2O10. The number of rotatable bonds is 14. The van der Waals surface area contributed by atoms with E-state index in [0.717, 1.165) is 13.2 Å². The van der Waals surface area contributed by atoms with E-state index in [1.54, 1.807) is 6.92 Å². The molecule has 1 aliphatic rings. The summed E-state index contributed by atoms with van der Waals surface area (Å²) in [7, 11) is 1.13. The zero-order valence-electron chi connectivity index (χ0n) is 25.0. The molecule has 0 saturated heterocycles. The molecule has 0 aromatic heterocycles. The van der Waals surface area contributed by atoms with E-state index in [-0.39, 0.29) is 60.4 Å². The van der Waals surface area contributed by atoms with Gasteiger partial charge in [0.1, 0.15) is 0 Å². The summed E-state index contributed by atoms with van der Waals surface area (Å²) in [5.41, 5.74) is 4.50. The van der Waals surface area contributed by atoms with Gasteiger partial charge in [0.05, 0.1) is 73.5 Å². The maximum atomic E-state index is 13.7. The van der Waals surface area contributed by atoms with E-state index in [2.05, 4.69) is 5.32 Å². The molecule has 0 amide bonds. The Morgan fingerprint density at radius 2 is 1.62 bits per heavy atom. The van der Waals surface area contributed by atoms with Gasteiger partial charge in [-0.15, -0.1) is 0 Å². The topological polar surface area (TPSA) is 184 Å². The number of hydrogen-bond acceptors (Lipinski definition) is 10. The summed E-state index contributed by atoms with van der Waals surface area (Å²) < 4.78 is 62.3. The Bertz CT molecular complexity index is 1290. The lowest BCUT2D eigenvalue weighted by Crippen LogP contribution is -2.35. The molecule has 1 aromatic carbocycles. The average molecular weight is 665 g/mol. The van der Waals surface area contributed by atoms with Crippen molar-refractivity contribution in [3.8, 4) is 0 Å². The van der Waals surface area contributed by atoms with Gasteiger partial charge in [-0.1, -0.05) is 37.6 Å². The van der Waals surface area contributed by atoms with E-state index < -0.39 is 46.6 Å². The third-order valence-electron chi connectivity index (χ3n) is 5.71. The van der Waals surface area contributed by atoms with Gasteiger partial charge < -0.3 is 40.2 Å². The van der Waals surface area contributed by atoms with Crippen LogP contribution in [0.4, 0.5) is 13.2 Å². The highest BCUT2D eigenvalue weighted by molar-refractivity contribution is 6.32. The summed E-state index contributed by atoms with van der Waals surface area (Å²) in [5, 5.41) is 18.0. The third-order valence-corrected chi connectivity index (χ3v) is 6.13. The smallest absolute Gasteiger partial charge is 0.417 e. The van der Waals surface area contributed by atoms with Gasteiger partial charge >= 0.3 is 30.1 Å². The zero-order chi connectivity index (χ0) is 34.3. The van der Waals surface area contributed by atoms with Crippen LogP contribution in [0.1, 0.15) is 37.8 Å². The summed E-state index contributed by atoms with van der Waals surface area (Å²) in [6.45, 7) is 6.19. The lowest BCUT2D eigenvalue weighted by molar-refractivity contribution is -0.140. The number of methoxy groups -OCH3 is 1. The van der Waals surface area contributed by atoms with Crippen LogP contribution >= 0.6 is 11.6 Å². The number of halogens is 4. The highest BCUT2D eigenvalue weighted by atomic mass is 35.5. The number of nitrogens with two attached hydrogens (primary N) is 1. The quantitative estimate of drug-likeness (QED) is 0.129. The summed E-state index contributed by atoms with van der Waals surface area (Å²) >= 11 is 6.26. The van der Waals surface area contributed by atoms with Crippen molar-refractivity contribution in [2.75, 3.05) is 46.7 Å². The number of allylic oxidation sites excluding steroid dienone is 1. The molecule has 1 aliphatic heterocycles. The number of hydrogen-bond donors (Lipinski definition) is 4. The van der Waals surface area contributed by atoms with Crippen molar-refractivity contribution in [2.45, 2.75) is 32.9 Å². The molecule has 1 atom stereocenters. The molecular weight excluding hydrogens is 629 g/mol. The van der Waals surface area contributed by atoms with Gasteiger partial charge in [0.15, 0.2) is 0 Å². The lowest BCUT2D eigenvalue weighted by Gasteiger charge is -2.32. The van der Waals surface area contributed by atoms with Crippen molar-refractivity contribution in [2.24, 2.45) is 11.7 Å². The SMILES string of the molecule is COC(=O)C1=C(C)NC(COCCOCCN)=C(C(=O)OCC(C)C)[C@@H]1c1cccc(C(F)(F)F)c1Cl.O=C(O)C=CC(=O)O. The van der Waals surface area contributed by atoms with Crippen molar-refractivity contribution in [3.05, 3.63) is 69.0 Å². The van der Waals surface area contributed by atoms with Crippen LogP contribution < -0.4 is 11.1 Å². The highest BCUT2D eigenvalue weighted by Gasteiger charge is 2.42. The van der Waals surface area contributed by atoms with Crippen LogP contribution in [0.5, 0.6) is 0 Å². The number of carbonyl (C=O) groups excluding carboxylic acids is 2. The van der Waals surface area contributed by atoms with E-state index in [1.807, 2.05) is 13.8 Å². The van der Waals surface area contributed by atoms with Crippen molar-refractivity contribution in [3.63, 3.8) is 0 Å². The summed E-state index contributed by atoms with van der Waals surface area (Å²) in [6, 6.07) is 3.32. The minimum atomic E-state index is -4.76. The van der Waals surface area contributed by atoms with Crippen molar-refractivity contribution in [1.29, 1.82) is 0 Å². The molecule has 250 valence electrons.